The molecule has 4 aromatic rings. The number of aryl methyl sites for hydroxylation is 1. The van der Waals surface area contributed by atoms with Crippen molar-refractivity contribution < 1.29 is 14.3 Å². The molecule has 4 heterocycles. The summed E-state index contributed by atoms with van der Waals surface area (Å²) in [5.74, 6) is 1.96. The van der Waals surface area contributed by atoms with E-state index < -0.39 is 0 Å². The number of rotatable bonds is 10. The Morgan fingerprint density at radius 1 is 1.14 bits per heavy atom. The van der Waals surface area contributed by atoms with Gasteiger partial charge in [-0.2, -0.15) is 5.21 Å². The monoisotopic (exact) mass is 603 g/mol. The number of carbonyl (C=O) groups excluding carboxylic acids is 1. The Kier molecular flexibility index (Phi) is 8.65. The Labute approximate surface area is 251 Å². The third-order valence-electron chi connectivity index (χ3n) is 6.99. The van der Waals surface area contributed by atoms with Gasteiger partial charge in [-0.25, -0.2) is 9.97 Å². The predicted octanol–water partition coefficient (Wildman–Crippen LogP) is 2.94. The fourth-order valence-corrected chi connectivity index (χ4v) is 6.11. The highest BCUT2D eigenvalue weighted by Crippen LogP contribution is 2.36. The summed E-state index contributed by atoms with van der Waals surface area (Å²) in [6.07, 6.45) is 3.10. The van der Waals surface area contributed by atoms with Gasteiger partial charge in [-0.1, -0.05) is 47.4 Å². The van der Waals surface area contributed by atoms with Crippen LogP contribution in [0.3, 0.4) is 0 Å². The largest absolute Gasteiger partial charge is 0.491 e. The van der Waals surface area contributed by atoms with Crippen molar-refractivity contribution >= 4 is 57.0 Å². The molecule has 0 radical (unpaired) electrons. The maximum Gasteiger partial charge on any atom is 0.266 e. The number of nitrogen functional groups attached to an aromatic ring is 1. The van der Waals surface area contributed by atoms with Crippen molar-refractivity contribution in [3.8, 4) is 17.1 Å². The third-order valence-corrected chi connectivity index (χ3v) is 8.37. The van der Waals surface area contributed by atoms with E-state index in [1.807, 2.05) is 48.5 Å². The van der Waals surface area contributed by atoms with Gasteiger partial charge in [0.15, 0.2) is 11.6 Å². The first-order valence-electron chi connectivity index (χ1n) is 13.6. The highest BCUT2D eigenvalue weighted by Gasteiger charge is 2.31. The van der Waals surface area contributed by atoms with Gasteiger partial charge in [-0.15, -0.1) is 10.2 Å². The number of nitrogens with zero attached hydrogens (tertiary/aromatic N) is 7. The zero-order valence-corrected chi connectivity index (χ0v) is 24.4. The second kappa shape index (κ2) is 12.9. The number of thioether (sulfide) groups is 1. The van der Waals surface area contributed by atoms with Crippen LogP contribution in [0.25, 0.3) is 28.4 Å². The standard InChI is InChI=1S/C28H29N9O3S2/c29-25-19-4-1-2-5-21(19)30-26(31-25)20-16-18(7-8-22(20)40-15-12-36-10-13-39-14-11-36)17-23-27(38)37(28(41)42-23)9-3-6-24-32-34-35-33-24/h1-2,4-5,7-8,16-17H,3,6,9-15H2,(H2,29,30,31)(H,32,33,34,35)/b23-17-. The molecule has 0 unspecified atom stereocenters. The number of ether oxygens (including phenoxy) is 2. The molecule has 12 nitrogen and oxygen atoms in total. The maximum absolute atomic E-state index is 13.2. The van der Waals surface area contributed by atoms with Gasteiger partial charge in [0.2, 0.25) is 0 Å². The van der Waals surface area contributed by atoms with Gasteiger partial charge in [0.05, 0.1) is 29.2 Å². The van der Waals surface area contributed by atoms with Crippen LogP contribution in [0.4, 0.5) is 5.82 Å². The van der Waals surface area contributed by atoms with Crippen molar-refractivity contribution in [2.45, 2.75) is 12.8 Å². The molecule has 2 aliphatic rings. The van der Waals surface area contributed by atoms with E-state index in [4.69, 9.17) is 32.4 Å². The predicted molar refractivity (Wildman–Crippen MR) is 165 cm³/mol. The lowest BCUT2D eigenvalue weighted by Gasteiger charge is -2.26. The van der Waals surface area contributed by atoms with Crippen LogP contribution in [0, 0.1) is 0 Å². The third kappa shape index (κ3) is 6.41. The van der Waals surface area contributed by atoms with E-state index in [0.29, 0.717) is 64.0 Å². The van der Waals surface area contributed by atoms with Crippen LogP contribution in [0.15, 0.2) is 47.4 Å². The molecule has 0 spiro atoms. The lowest BCUT2D eigenvalue weighted by Crippen LogP contribution is -2.38. The molecular weight excluding hydrogens is 575 g/mol. The van der Waals surface area contributed by atoms with E-state index >= 15 is 0 Å². The number of aromatic nitrogens is 6. The smallest absolute Gasteiger partial charge is 0.266 e. The Balaban J connectivity index is 1.25. The number of amides is 1. The number of para-hydroxylation sites is 1. The molecule has 0 atom stereocenters. The number of anilines is 1. The minimum Gasteiger partial charge on any atom is -0.491 e. The molecule has 216 valence electrons. The van der Waals surface area contributed by atoms with Crippen LogP contribution >= 0.6 is 24.0 Å². The number of H-pyrrole nitrogens is 1. The molecule has 2 aliphatic heterocycles. The number of aromatic amines is 1. The van der Waals surface area contributed by atoms with Crippen molar-refractivity contribution in [3.05, 3.63) is 58.8 Å². The van der Waals surface area contributed by atoms with Crippen LogP contribution in [-0.2, 0) is 16.0 Å². The first-order chi connectivity index (χ1) is 20.5. The number of fused-ring (bicyclic) bond motifs is 1. The fourth-order valence-electron chi connectivity index (χ4n) is 4.80. The summed E-state index contributed by atoms with van der Waals surface area (Å²) in [6, 6.07) is 13.4. The molecule has 2 fully saturated rings. The van der Waals surface area contributed by atoms with Gasteiger partial charge in [0.25, 0.3) is 5.91 Å². The number of carbonyl (C=O) groups is 1. The van der Waals surface area contributed by atoms with Gasteiger partial charge in [0.1, 0.15) is 22.5 Å². The highest BCUT2D eigenvalue weighted by molar-refractivity contribution is 8.26. The number of hydrogen-bond acceptors (Lipinski definition) is 12. The minimum atomic E-state index is -0.128. The summed E-state index contributed by atoms with van der Waals surface area (Å²) >= 11 is 6.81. The van der Waals surface area contributed by atoms with E-state index in [2.05, 4.69) is 30.5 Å². The Morgan fingerprint density at radius 3 is 2.83 bits per heavy atom. The molecule has 2 saturated heterocycles. The molecule has 42 heavy (non-hydrogen) atoms. The van der Waals surface area contributed by atoms with Crippen molar-refractivity contribution in [1.29, 1.82) is 0 Å². The lowest BCUT2D eigenvalue weighted by atomic mass is 10.1. The number of hydrogen-bond donors (Lipinski definition) is 2. The Hall–Kier alpha value is -3.98. The average Bonchev–Trinajstić information content (AvgIpc) is 3.62. The Morgan fingerprint density at radius 2 is 2.00 bits per heavy atom. The van der Waals surface area contributed by atoms with Gasteiger partial charge in [0, 0.05) is 38.0 Å². The van der Waals surface area contributed by atoms with Gasteiger partial charge >= 0.3 is 0 Å². The van der Waals surface area contributed by atoms with Crippen molar-refractivity contribution in [2.75, 3.05) is 51.7 Å². The van der Waals surface area contributed by atoms with Crippen molar-refractivity contribution in [1.82, 2.24) is 40.4 Å². The molecule has 0 bridgehead atoms. The van der Waals surface area contributed by atoms with Crippen LogP contribution in [0.2, 0.25) is 0 Å². The zero-order chi connectivity index (χ0) is 28.9. The zero-order valence-electron chi connectivity index (χ0n) is 22.7. The van der Waals surface area contributed by atoms with Gasteiger partial charge < -0.3 is 15.2 Å². The van der Waals surface area contributed by atoms with Gasteiger partial charge in [-0.3, -0.25) is 14.6 Å². The summed E-state index contributed by atoms with van der Waals surface area (Å²) in [5, 5.41) is 14.7. The lowest BCUT2D eigenvalue weighted by molar-refractivity contribution is -0.122. The summed E-state index contributed by atoms with van der Waals surface area (Å²) in [4.78, 5) is 27.1. The van der Waals surface area contributed by atoms with Crippen molar-refractivity contribution in [2.24, 2.45) is 0 Å². The molecule has 0 saturated carbocycles. The first-order valence-corrected chi connectivity index (χ1v) is 14.8. The normalized spacial score (nSPS) is 17.0. The van der Waals surface area contributed by atoms with E-state index in [1.54, 1.807) is 4.90 Å². The quantitative estimate of drug-likeness (QED) is 0.203. The summed E-state index contributed by atoms with van der Waals surface area (Å²) in [5.41, 5.74) is 8.56. The maximum atomic E-state index is 13.2. The fraction of sp³-hybridized carbons (Fsp3) is 0.321. The second-order valence-electron chi connectivity index (χ2n) is 9.77. The van der Waals surface area contributed by atoms with Crippen LogP contribution in [-0.4, -0.2) is 96.6 Å². The first kappa shape index (κ1) is 28.2. The molecule has 2 aromatic carbocycles. The molecule has 1 amide bonds. The second-order valence-corrected chi connectivity index (χ2v) is 11.4. The summed E-state index contributed by atoms with van der Waals surface area (Å²) < 4.78 is 12.2. The molecule has 2 aromatic heterocycles. The van der Waals surface area contributed by atoms with Crippen LogP contribution in [0.1, 0.15) is 17.8 Å². The number of benzene rings is 2. The minimum absolute atomic E-state index is 0.128. The molecule has 0 aliphatic carbocycles. The van der Waals surface area contributed by atoms with Crippen LogP contribution < -0.4 is 10.5 Å². The summed E-state index contributed by atoms with van der Waals surface area (Å²) in [7, 11) is 0. The number of nitrogens with two attached hydrogens (primary N) is 1. The number of morpholine rings is 1. The van der Waals surface area contributed by atoms with Gasteiger partial charge in [-0.05, 0) is 42.3 Å². The van der Waals surface area contributed by atoms with E-state index in [9.17, 15) is 4.79 Å². The average molecular weight is 604 g/mol. The van der Waals surface area contributed by atoms with Crippen molar-refractivity contribution in [3.63, 3.8) is 0 Å². The molecule has 14 heteroatoms. The molecule has 6 rings (SSSR count). The number of nitrogens with one attached hydrogen (secondary N) is 1. The van der Waals surface area contributed by atoms with E-state index in [-0.39, 0.29) is 5.91 Å². The number of tetrazole rings is 1. The highest BCUT2D eigenvalue weighted by atomic mass is 32.2. The summed E-state index contributed by atoms with van der Waals surface area (Å²) in [6.45, 7) is 4.98. The van der Waals surface area contributed by atoms with E-state index in [1.165, 1.54) is 11.8 Å². The topological polar surface area (TPSA) is 148 Å². The Bertz CT molecular complexity index is 1620. The van der Waals surface area contributed by atoms with E-state index in [0.717, 1.165) is 49.3 Å². The molecule has 3 N–H and O–H groups in total. The SMILES string of the molecule is Nc1nc(-c2cc(/C=C3\SC(=S)N(CCCc4nn[nH]n4)C3=O)ccc2OCCN2CCOCC2)nc2ccccc12. The van der Waals surface area contributed by atoms with Crippen LogP contribution in [0.5, 0.6) is 5.75 Å². The number of thiocarbonyl (C=S) groups is 1. The molecular formula is C28H29N9O3S2.